The molecule has 1 unspecified atom stereocenters. The van der Waals surface area contributed by atoms with Crippen LogP contribution in [-0.2, 0) is 17.6 Å². The summed E-state index contributed by atoms with van der Waals surface area (Å²) in [7, 11) is 2.06. The van der Waals surface area contributed by atoms with Crippen molar-refractivity contribution in [2.75, 3.05) is 18.9 Å². The Morgan fingerprint density at radius 3 is 2.67 bits per heavy atom. The van der Waals surface area contributed by atoms with Gasteiger partial charge in [-0.2, -0.15) is 0 Å². The Labute approximate surface area is 144 Å². The van der Waals surface area contributed by atoms with Gasteiger partial charge in [-0.3, -0.25) is 9.78 Å². The predicted molar refractivity (Wildman–Crippen MR) is 99.1 cm³/mol. The molecule has 0 fully saturated rings. The topological polar surface area (TPSA) is 45.2 Å². The van der Waals surface area contributed by atoms with E-state index in [-0.39, 0.29) is 11.9 Å². The number of rotatable bonds is 8. The molecule has 1 heterocycles. The molecule has 0 aliphatic carbocycles. The van der Waals surface area contributed by atoms with Crippen LogP contribution in [0.2, 0.25) is 0 Å². The van der Waals surface area contributed by atoms with Gasteiger partial charge >= 0.3 is 0 Å². The smallest absolute Gasteiger partial charge is 0.225 e. The van der Waals surface area contributed by atoms with Gasteiger partial charge in [0.15, 0.2) is 0 Å². The summed E-state index contributed by atoms with van der Waals surface area (Å²) in [5.74, 6) is 0.0630. The Hall–Kier alpha value is -2.20. The molecule has 0 aliphatic rings. The minimum Gasteiger partial charge on any atom is -0.326 e. The number of aryl methyl sites for hydroxylation is 1. The van der Waals surface area contributed by atoms with Gasteiger partial charge in [-0.05, 0) is 44.2 Å². The van der Waals surface area contributed by atoms with E-state index in [0.717, 1.165) is 30.8 Å². The zero-order valence-electron chi connectivity index (χ0n) is 14.8. The van der Waals surface area contributed by atoms with E-state index >= 15 is 0 Å². The molecule has 0 aliphatic heterocycles. The van der Waals surface area contributed by atoms with E-state index in [9.17, 15) is 4.79 Å². The van der Waals surface area contributed by atoms with Crippen molar-refractivity contribution in [1.82, 2.24) is 9.88 Å². The van der Waals surface area contributed by atoms with Crippen molar-refractivity contribution in [2.45, 2.75) is 39.2 Å². The number of likely N-dealkylation sites (N-methyl/N-ethyl adjacent to an activating group) is 1. The maximum Gasteiger partial charge on any atom is 0.225 e. The normalized spacial score (nSPS) is 12.2. The molecule has 1 aromatic carbocycles. The Balaban J connectivity index is 1.82. The first-order chi connectivity index (χ1) is 11.6. The number of nitrogens with zero attached hydrogens (tertiary/aromatic N) is 2. The fraction of sp³-hybridized carbons (Fsp3) is 0.400. The molecule has 2 rings (SSSR count). The first-order valence-electron chi connectivity index (χ1n) is 8.58. The number of nitrogens with one attached hydrogen (secondary N) is 1. The molecule has 0 saturated carbocycles. The first-order valence-corrected chi connectivity index (χ1v) is 8.58. The van der Waals surface area contributed by atoms with Crippen LogP contribution in [0.1, 0.15) is 31.5 Å². The summed E-state index contributed by atoms with van der Waals surface area (Å²) in [6.45, 7) is 5.07. The fourth-order valence-corrected chi connectivity index (χ4v) is 2.63. The van der Waals surface area contributed by atoms with E-state index in [0.29, 0.717) is 6.42 Å². The molecular formula is C20H27N3O. The van der Waals surface area contributed by atoms with Crippen LogP contribution >= 0.6 is 0 Å². The molecule has 1 amide bonds. The van der Waals surface area contributed by atoms with Crippen LogP contribution in [0.5, 0.6) is 0 Å². The monoisotopic (exact) mass is 325 g/mol. The fourth-order valence-electron chi connectivity index (χ4n) is 2.63. The molecule has 4 heteroatoms. The van der Waals surface area contributed by atoms with Gasteiger partial charge < -0.3 is 10.2 Å². The Morgan fingerprint density at radius 2 is 1.96 bits per heavy atom. The molecule has 0 radical (unpaired) electrons. The molecule has 24 heavy (non-hydrogen) atoms. The van der Waals surface area contributed by atoms with E-state index in [1.54, 1.807) is 0 Å². The molecular weight excluding hydrogens is 298 g/mol. The highest BCUT2D eigenvalue weighted by molar-refractivity contribution is 5.91. The number of carbonyl (C=O) groups is 1. The van der Waals surface area contributed by atoms with Crippen LogP contribution in [0.3, 0.4) is 0 Å². The molecule has 128 valence electrons. The zero-order valence-corrected chi connectivity index (χ0v) is 14.8. The number of amides is 1. The number of para-hydroxylation sites is 1. The van der Waals surface area contributed by atoms with Gasteiger partial charge in [-0.1, -0.05) is 31.2 Å². The third-order valence-electron chi connectivity index (χ3n) is 4.35. The van der Waals surface area contributed by atoms with Crippen molar-refractivity contribution in [1.29, 1.82) is 0 Å². The number of hydrogen-bond donors (Lipinski definition) is 1. The quantitative estimate of drug-likeness (QED) is 0.807. The average Bonchev–Trinajstić information content (AvgIpc) is 2.60. The van der Waals surface area contributed by atoms with Gasteiger partial charge in [-0.25, -0.2) is 0 Å². The van der Waals surface area contributed by atoms with Gasteiger partial charge in [0.2, 0.25) is 5.91 Å². The van der Waals surface area contributed by atoms with Crippen LogP contribution in [0.4, 0.5) is 5.69 Å². The summed E-state index contributed by atoms with van der Waals surface area (Å²) >= 11 is 0. The molecule has 2 aromatic rings. The lowest BCUT2D eigenvalue weighted by Crippen LogP contribution is -2.34. The number of aromatic nitrogens is 1. The molecule has 4 nitrogen and oxygen atoms in total. The van der Waals surface area contributed by atoms with Crippen LogP contribution in [0.15, 0.2) is 48.7 Å². The van der Waals surface area contributed by atoms with E-state index in [2.05, 4.69) is 42.2 Å². The molecule has 0 spiro atoms. The molecule has 0 bridgehead atoms. The van der Waals surface area contributed by atoms with Gasteiger partial charge in [0.25, 0.3) is 0 Å². The summed E-state index contributed by atoms with van der Waals surface area (Å²) in [6.07, 6.45) is 4.10. The maximum atomic E-state index is 12.3. The lowest BCUT2D eigenvalue weighted by atomic mass is 10.1. The van der Waals surface area contributed by atoms with E-state index in [1.165, 1.54) is 5.56 Å². The lowest BCUT2D eigenvalue weighted by molar-refractivity contribution is -0.117. The Bertz CT molecular complexity index is 642. The van der Waals surface area contributed by atoms with E-state index < -0.39 is 0 Å². The van der Waals surface area contributed by atoms with Crippen molar-refractivity contribution in [3.05, 3.63) is 59.9 Å². The van der Waals surface area contributed by atoms with Crippen molar-refractivity contribution < 1.29 is 4.79 Å². The minimum absolute atomic E-state index is 0.0630. The summed E-state index contributed by atoms with van der Waals surface area (Å²) in [5.41, 5.74) is 3.17. The Morgan fingerprint density at radius 1 is 1.21 bits per heavy atom. The van der Waals surface area contributed by atoms with Crippen molar-refractivity contribution in [2.24, 2.45) is 0 Å². The minimum atomic E-state index is 0.0630. The molecule has 1 atom stereocenters. The average molecular weight is 325 g/mol. The summed E-state index contributed by atoms with van der Waals surface area (Å²) in [4.78, 5) is 18.9. The van der Waals surface area contributed by atoms with Gasteiger partial charge in [0.1, 0.15) is 0 Å². The summed E-state index contributed by atoms with van der Waals surface area (Å²) in [5, 5.41) is 3.04. The number of anilines is 1. The van der Waals surface area contributed by atoms with Crippen LogP contribution < -0.4 is 5.32 Å². The van der Waals surface area contributed by atoms with Crippen molar-refractivity contribution in [3.63, 3.8) is 0 Å². The van der Waals surface area contributed by atoms with E-state index in [1.807, 2.05) is 42.6 Å². The number of pyridine rings is 1. The van der Waals surface area contributed by atoms with Crippen LogP contribution in [0.25, 0.3) is 0 Å². The number of hydrogen-bond acceptors (Lipinski definition) is 3. The first kappa shape index (κ1) is 18.1. The highest BCUT2D eigenvalue weighted by atomic mass is 16.1. The van der Waals surface area contributed by atoms with Gasteiger partial charge in [0.05, 0.1) is 0 Å². The largest absolute Gasteiger partial charge is 0.326 e. The molecule has 1 aromatic heterocycles. The van der Waals surface area contributed by atoms with E-state index in [4.69, 9.17) is 0 Å². The molecule has 0 saturated heterocycles. The van der Waals surface area contributed by atoms with Crippen molar-refractivity contribution in [3.8, 4) is 0 Å². The van der Waals surface area contributed by atoms with Gasteiger partial charge in [-0.15, -0.1) is 0 Å². The Kier molecular flexibility index (Phi) is 6.94. The zero-order chi connectivity index (χ0) is 17.4. The van der Waals surface area contributed by atoms with Crippen LogP contribution in [0, 0.1) is 0 Å². The second-order valence-electron chi connectivity index (χ2n) is 6.16. The van der Waals surface area contributed by atoms with Crippen LogP contribution in [-0.4, -0.2) is 35.4 Å². The molecule has 1 N–H and O–H groups in total. The van der Waals surface area contributed by atoms with Gasteiger partial charge in [0, 0.05) is 43.0 Å². The summed E-state index contributed by atoms with van der Waals surface area (Å²) in [6, 6.07) is 14.1. The second kappa shape index (κ2) is 9.18. The third kappa shape index (κ3) is 5.46. The highest BCUT2D eigenvalue weighted by Crippen LogP contribution is 2.16. The number of carbonyl (C=O) groups excluding carboxylic acids is 1. The van der Waals surface area contributed by atoms with Crippen molar-refractivity contribution >= 4 is 11.6 Å². The third-order valence-corrected chi connectivity index (χ3v) is 4.35. The predicted octanol–water partition coefficient (Wildman–Crippen LogP) is 3.54. The standard InChI is InChI=1S/C20H27N3O/c1-4-17-9-5-6-11-19(17)22-20(24)15-16(2)23(3)14-12-18-10-7-8-13-21-18/h5-11,13,16H,4,12,14-15H2,1-3H3,(H,22,24). The lowest BCUT2D eigenvalue weighted by Gasteiger charge is -2.24. The SMILES string of the molecule is CCc1ccccc1NC(=O)CC(C)N(C)CCc1ccccn1. The maximum absolute atomic E-state index is 12.3. The highest BCUT2D eigenvalue weighted by Gasteiger charge is 2.14. The number of benzene rings is 1. The summed E-state index contributed by atoms with van der Waals surface area (Å²) < 4.78 is 0. The second-order valence-corrected chi connectivity index (χ2v) is 6.16.